The second-order valence-electron chi connectivity index (χ2n) is 10.5. The Bertz CT molecular complexity index is 756. The summed E-state index contributed by atoms with van der Waals surface area (Å²) in [7, 11) is 2.30. The quantitative estimate of drug-likeness (QED) is 0.724. The van der Waals surface area contributed by atoms with Gasteiger partial charge in [0, 0.05) is 16.7 Å². The van der Waals surface area contributed by atoms with Crippen molar-refractivity contribution in [3.05, 3.63) is 51.2 Å². The molecule has 0 saturated carbocycles. The highest BCUT2D eigenvalue weighted by Crippen LogP contribution is 2.41. The van der Waals surface area contributed by atoms with Crippen LogP contribution >= 0.6 is 11.3 Å². The second kappa shape index (κ2) is 7.81. The smallest absolute Gasteiger partial charge is 0.148 e. The van der Waals surface area contributed by atoms with Crippen LogP contribution < -0.4 is 9.80 Å². The summed E-state index contributed by atoms with van der Waals surface area (Å²) in [4.78, 5) is 4.71. The molecule has 2 aromatic rings. The van der Waals surface area contributed by atoms with Crippen LogP contribution in [0.15, 0.2) is 29.6 Å². The molecule has 0 bridgehead atoms. The Hall–Kier alpha value is -1.36. The lowest BCUT2D eigenvalue weighted by Gasteiger charge is -2.35. The molecular weight excluding hydrogens is 364 g/mol. The van der Waals surface area contributed by atoms with Crippen molar-refractivity contribution in [1.82, 2.24) is 0 Å². The lowest BCUT2D eigenvalue weighted by atomic mass is 9.77. The number of piperazine rings is 1. The van der Waals surface area contributed by atoms with E-state index >= 15 is 0 Å². The molecule has 3 N–H and O–H groups in total. The van der Waals surface area contributed by atoms with E-state index in [1.807, 2.05) is 11.3 Å². The van der Waals surface area contributed by atoms with Gasteiger partial charge in [-0.3, -0.25) is 0 Å². The van der Waals surface area contributed by atoms with Gasteiger partial charge in [-0.25, -0.2) is 0 Å². The predicted molar refractivity (Wildman–Crippen MR) is 119 cm³/mol. The van der Waals surface area contributed by atoms with Crippen LogP contribution in [-0.4, -0.2) is 38.3 Å². The molecule has 0 amide bonds. The fraction of sp³-hybridized carbons (Fsp3) is 0.583. The molecule has 4 heteroatoms. The van der Waals surface area contributed by atoms with Gasteiger partial charge in [0.1, 0.15) is 38.0 Å². The molecule has 0 spiro atoms. The summed E-state index contributed by atoms with van der Waals surface area (Å²) in [6.07, 6.45) is 0. The summed E-state index contributed by atoms with van der Waals surface area (Å²) >= 11 is 1.86. The van der Waals surface area contributed by atoms with Crippen molar-refractivity contribution in [1.29, 1.82) is 0 Å². The monoisotopic (exact) mass is 402 g/mol. The molecule has 0 radical (unpaired) electrons. The maximum atomic E-state index is 11.1. The average molecular weight is 403 g/mol. The van der Waals surface area contributed by atoms with Crippen LogP contribution in [-0.2, 0) is 10.8 Å². The van der Waals surface area contributed by atoms with Crippen molar-refractivity contribution in [2.24, 2.45) is 0 Å². The van der Waals surface area contributed by atoms with E-state index in [4.69, 9.17) is 0 Å². The van der Waals surface area contributed by atoms with E-state index in [2.05, 4.69) is 78.2 Å². The van der Waals surface area contributed by atoms with Crippen molar-refractivity contribution in [2.45, 2.75) is 58.4 Å². The van der Waals surface area contributed by atoms with Gasteiger partial charge in [0.2, 0.25) is 0 Å². The van der Waals surface area contributed by atoms with Gasteiger partial charge < -0.3 is 14.9 Å². The molecule has 3 rings (SSSR count). The number of rotatable bonds is 3. The fourth-order valence-electron chi connectivity index (χ4n) is 4.31. The molecule has 0 aliphatic carbocycles. The Morgan fingerprint density at radius 2 is 1.46 bits per heavy atom. The minimum Gasteiger partial charge on any atom is -0.507 e. The number of quaternary nitrogens is 2. The van der Waals surface area contributed by atoms with E-state index in [1.54, 1.807) is 9.80 Å². The van der Waals surface area contributed by atoms with Gasteiger partial charge in [-0.1, -0.05) is 47.6 Å². The lowest BCUT2D eigenvalue weighted by Crippen LogP contribution is -3.27. The summed E-state index contributed by atoms with van der Waals surface area (Å²) in [5.74, 6) is 0.478. The molecule has 1 aliphatic rings. The lowest BCUT2D eigenvalue weighted by molar-refractivity contribution is -1.02. The minimum absolute atomic E-state index is 0.0955. The Kier molecular flexibility index (Phi) is 5.96. The normalized spacial score (nSPS) is 22.2. The molecule has 1 atom stereocenters. The van der Waals surface area contributed by atoms with Crippen LogP contribution in [0.1, 0.15) is 69.2 Å². The van der Waals surface area contributed by atoms with Crippen molar-refractivity contribution in [3.63, 3.8) is 0 Å². The van der Waals surface area contributed by atoms with Crippen LogP contribution in [0.5, 0.6) is 5.75 Å². The third-order valence-corrected chi connectivity index (χ3v) is 7.00. The van der Waals surface area contributed by atoms with E-state index in [1.165, 1.54) is 36.6 Å². The van der Waals surface area contributed by atoms with Crippen LogP contribution in [0.25, 0.3) is 0 Å². The molecular formula is C24H38N2OS+2. The summed E-state index contributed by atoms with van der Waals surface area (Å²) < 4.78 is 0. The Morgan fingerprint density at radius 1 is 0.929 bits per heavy atom. The number of hydrogen-bond donors (Lipinski definition) is 3. The number of phenolic OH excluding ortho intramolecular Hbond substituents is 1. The maximum Gasteiger partial charge on any atom is 0.148 e. The van der Waals surface area contributed by atoms with Crippen molar-refractivity contribution in [3.8, 4) is 5.75 Å². The molecule has 3 nitrogen and oxygen atoms in total. The zero-order valence-corrected chi connectivity index (χ0v) is 19.5. The minimum atomic E-state index is -0.0955. The number of aromatic hydroxyl groups is 1. The van der Waals surface area contributed by atoms with E-state index in [9.17, 15) is 5.11 Å². The third-order valence-electron chi connectivity index (χ3n) is 6.06. The van der Waals surface area contributed by atoms with E-state index in [0.29, 0.717) is 11.8 Å². The SMILES string of the molecule is C[NH+]1CC[NH+]([C@H](c2cc(C(C)(C)C)c(O)c(C(C)(C)C)c2)c2cccs2)CC1. The van der Waals surface area contributed by atoms with Crippen LogP contribution in [0, 0.1) is 0 Å². The largest absolute Gasteiger partial charge is 0.507 e. The average Bonchev–Trinajstić information content (AvgIpc) is 3.10. The van der Waals surface area contributed by atoms with Crippen LogP contribution in [0.2, 0.25) is 0 Å². The molecule has 1 saturated heterocycles. The number of hydrogen-bond acceptors (Lipinski definition) is 2. The first-order valence-corrected chi connectivity index (χ1v) is 11.4. The summed E-state index contributed by atoms with van der Waals surface area (Å²) in [6.45, 7) is 18.0. The Balaban J connectivity index is 2.17. The first-order valence-electron chi connectivity index (χ1n) is 10.6. The molecule has 0 unspecified atom stereocenters. The first-order chi connectivity index (χ1) is 13.0. The summed E-state index contributed by atoms with van der Waals surface area (Å²) in [5, 5.41) is 13.3. The third kappa shape index (κ3) is 4.45. The number of benzene rings is 1. The van der Waals surface area contributed by atoms with E-state index in [-0.39, 0.29) is 10.8 Å². The van der Waals surface area contributed by atoms with Gasteiger partial charge in [0.15, 0.2) is 0 Å². The Morgan fingerprint density at radius 3 is 1.89 bits per heavy atom. The highest BCUT2D eigenvalue weighted by atomic mass is 32.1. The number of thiophene rings is 1. The molecule has 154 valence electrons. The standard InChI is InChI=1S/C24H36N2OS/c1-23(2,3)18-15-17(16-19(22(18)27)24(4,5)6)21(20-9-8-14-28-20)26-12-10-25(7)11-13-26/h8-9,14-16,21,27H,10-13H2,1-7H3/p+2/t21-/m1/s1. The molecule has 1 aromatic carbocycles. The van der Waals surface area contributed by atoms with Gasteiger partial charge in [-0.05, 0) is 34.4 Å². The molecule has 2 heterocycles. The van der Waals surface area contributed by atoms with E-state index in [0.717, 1.165) is 11.1 Å². The number of phenols is 1. The molecule has 1 aromatic heterocycles. The van der Waals surface area contributed by atoms with Gasteiger partial charge in [0.05, 0.1) is 11.9 Å². The second-order valence-corrected chi connectivity index (χ2v) is 11.5. The molecule has 1 aliphatic heterocycles. The zero-order chi connectivity index (χ0) is 20.7. The summed E-state index contributed by atoms with van der Waals surface area (Å²) in [6, 6.07) is 9.37. The summed E-state index contributed by atoms with van der Waals surface area (Å²) in [5.41, 5.74) is 3.29. The zero-order valence-electron chi connectivity index (χ0n) is 18.6. The topological polar surface area (TPSA) is 29.1 Å². The highest BCUT2D eigenvalue weighted by Gasteiger charge is 2.34. The van der Waals surface area contributed by atoms with Gasteiger partial charge in [-0.15, -0.1) is 11.3 Å². The van der Waals surface area contributed by atoms with Crippen molar-refractivity contribution >= 4 is 11.3 Å². The van der Waals surface area contributed by atoms with Gasteiger partial charge in [0.25, 0.3) is 0 Å². The molecule has 28 heavy (non-hydrogen) atoms. The number of likely N-dealkylation sites (N-methyl/N-ethyl adjacent to an activating group) is 1. The molecule has 1 fully saturated rings. The predicted octanol–water partition coefficient (Wildman–Crippen LogP) is 2.55. The van der Waals surface area contributed by atoms with Crippen LogP contribution in [0.3, 0.4) is 0 Å². The fourth-order valence-corrected chi connectivity index (χ4v) is 5.22. The van der Waals surface area contributed by atoms with Gasteiger partial charge >= 0.3 is 0 Å². The van der Waals surface area contributed by atoms with Gasteiger partial charge in [-0.2, -0.15) is 0 Å². The maximum absolute atomic E-state index is 11.1. The first kappa shape index (κ1) is 21.4. The van der Waals surface area contributed by atoms with Crippen molar-refractivity contribution in [2.75, 3.05) is 33.2 Å². The Labute approximate surface area is 175 Å². The highest BCUT2D eigenvalue weighted by molar-refractivity contribution is 7.10. The van der Waals surface area contributed by atoms with Crippen molar-refractivity contribution < 1.29 is 14.9 Å². The van der Waals surface area contributed by atoms with E-state index < -0.39 is 0 Å². The number of nitrogens with one attached hydrogen (secondary N) is 2. The van der Waals surface area contributed by atoms with Crippen LogP contribution in [0.4, 0.5) is 0 Å².